The highest BCUT2D eigenvalue weighted by molar-refractivity contribution is 5.27. The number of likely N-dealkylation sites (tertiary alicyclic amines) is 1. The van der Waals surface area contributed by atoms with E-state index in [1.54, 1.807) is 0 Å². The highest BCUT2D eigenvalue weighted by Gasteiger charge is 2.29. The summed E-state index contributed by atoms with van der Waals surface area (Å²) in [5.41, 5.74) is 0. The van der Waals surface area contributed by atoms with Crippen molar-refractivity contribution < 1.29 is 17.9 Å². The van der Waals surface area contributed by atoms with Crippen molar-refractivity contribution in [3.05, 3.63) is 29.6 Å². The third kappa shape index (κ3) is 2.00. The number of hydrogen-bond acceptors (Lipinski definition) is 2. The van der Waals surface area contributed by atoms with E-state index in [2.05, 4.69) is 4.90 Å². The first-order chi connectivity index (χ1) is 7.61. The maximum atomic E-state index is 13.2. The Balaban J connectivity index is 2.07. The molecule has 0 aliphatic carbocycles. The zero-order chi connectivity index (χ0) is 11.7. The molecule has 0 unspecified atom stereocenters. The molecular weight excluding hydrogens is 219 g/mol. The zero-order valence-electron chi connectivity index (χ0n) is 8.84. The van der Waals surface area contributed by atoms with Crippen molar-refractivity contribution >= 4 is 0 Å². The van der Waals surface area contributed by atoms with Crippen LogP contribution in [-0.4, -0.2) is 30.6 Å². The molecule has 1 aliphatic rings. The van der Waals surface area contributed by atoms with E-state index in [9.17, 15) is 13.2 Å². The number of halogens is 3. The van der Waals surface area contributed by atoms with Gasteiger partial charge in [0.05, 0.1) is 0 Å². The Hall–Kier alpha value is -1.23. The molecule has 0 amide bonds. The SMILES string of the molecule is CCN1CC(Oc2c(F)ccc(F)c2F)C1. The molecule has 1 fully saturated rings. The van der Waals surface area contributed by atoms with Crippen LogP contribution in [0.2, 0.25) is 0 Å². The number of benzene rings is 1. The Morgan fingerprint density at radius 3 is 2.50 bits per heavy atom. The van der Waals surface area contributed by atoms with Crippen molar-refractivity contribution in [2.24, 2.45) is 0 Å². The van der Waals surface area contributed by atoms with Crippen LogP contribution < -0.4 is 4.74 Å². The van der Waals surface area contributed by atoms with Gasteiger partial charge in [-0.15, -0.1) is 0 Å². The van der Waals surface area contributed by atoms with E-state index < -0.39 is 23.2 Å². The van der Waals surface area contributed by atoms with E-state index in [-0.39, 0.29) is 6.10 Å². The Kier molecular flexibility index (Phi) is 3.05. The molecule has 1 heterocycles. The molecule has 0 atom stereocenters. The van der Waals surface area contributed by atoms with Crippen LogP contribution in [-0.2, 0) is 0 Å². The molecule has 0 spiro atoms. The lowest BCUT2D eigenvalue weighted by atomic mass is 10.1. The highest BCUT2D eigenvalue weighted by atomic mass is 19.2. The number of rotatable bonds is 3. The van der Waals surface area contributed by atoms with Gasteiger partial charge in [0.2, 0.25) is 5.82 Å². The van der Waals surface area contributed by atoms with Crippen molar-refractivity contribution in [2.75, 3.05) is 19.6 Å². The normalized spacial score (nSPS) is 17.2. The minimum atomic E-state index is -1.25. The first-order valence-corrected chi connectivity index (χ1v) is 5.14. The van der Waals surface area contributed by atoms with Gasteiger partial charge >= 0.3 is 0 Å². The number of hydrogen-bond donors (Lipinski definition) is 0. The Morgan fingerprint density at radius 2 is 1.88 bits per heavy atom. The van der Waals surface area contributed by atoms with E-state index in [0.717, 1.165) is 18.7 Å². The molecule has 0 aromatic heterocycles. The lowest BCUT2D eigenvalue weighted by molar-refractivity contribution is 0.0184. The summed E-state index contributed by atoms with van der Waals surface area (Å²) in [7, 11) is 0. The van der Waals surface area contributed by atoms with Crippen molar-refractivity contribution in [2.45, 2.75) is 13.0 Å². The maximum absolute atomic E-state index is 13.2. The summed E-state index contributed by atoms with van der Waals surface area (Å²) < 4.78 is 44.3. The molecule has 88 valence electrons. The van der Waals surface area contributed by atoms with Gasteiger partial charge in [-0.25, -0.2) is 8.78 Å². The average Bonchev–Trinajstić information content (AvgIpc) is 2.21. The van der Waals surface area contributed by atoms with Gasteiger partial charge in [-0.05, 0) is 18.7 Å². The minimum Gasteiger partial charge on any atom is -0.482 e. The average molecular weight is 231 g/mol. The summed E-state index contributed by atoms with van der Waals surface area (Å²) in [4.78, 5) is 2.06. The smallest absolute Gasteiger partial charge is 0.203 e. The van der Waals surface area contributed by atoms with Crippen LogP contribution >= 0.6 is 0 Å². The molecule has 0 radical (unpaired) electrons. The Labute approximate surface area is 91.6 Å². The Bertz CT molecular complexity index is 391. The predicted octanol–water partition coefficient (Wildman–Crippen LogP) is 2.19. The summed E-state index contributed by atoms with van der Waals surface area (Å²) in [6.07, 6.45) is -0.259. The van der Waals surface area contributed by atoms with E-state index in [1.165, 1.54) is 0 Å². The molecule has 1 aliphatic heterocycles. The molecule has 0 bridgehead atoms. The molecule has 0 saturated carbocycles. The molecular formula is C11H12F3NO. The van der Waals surface area contributed by atoms with Crippen LogP contribution in [0.25, 0.3) is 0 Å². The highest BCUT2D eigenvalue weighted by Crippen LogP contribution is 2.26. The van der Waals surface area contributed by atoms with Crippen LogP contribution in [0.15, 0.2) is 12.1 Å². The predicted molar refractivity (Wildman–Crippen MR) is 52.8 cm³/mol. The van der Waals surface area contributed by atoms with Gasteiger partial charge < -0.3 is 4.74 Å². The van der Waals surface area contributed by atoms with Gasteiger partial charge in [0, 0.05) is 13.1 Å². The second-order valence-electron chi connectivity index (χ2n) is 3.76. The number of likely N-dealkylation sites (N-methyl/N-ethyl adjacent to an activating group) is 1. The van der Waals surface area contributed by atoms with Gasteiger partial charge in [-0.3, -0.25) is 4.90 Å². The fourth-order valence-electron chi connectivity index (χ4n) is 1.64. The van der Waals surface area contributed by atoms with Crippen molar-refractivity contribution in [3.8, 4) is 5.75 Å². The minimum absolute atomic E-state index is 0.259. The van der Waals surface area contributed by atoms with Gasteiger partial charge in [-0.2, -0.15) is 4.39 Å². The topological polar surface area (TPSA) is 12.5 Å². The fraction of sp³-hybridized carbons (Fsp3) is 0.455. The van der Waals surface area contributed by atoms with Crippen LogP contribution in [0.1, 0.15) is 6.92 Å². The molecule has 5 heteroatoms. The van der Waals surface area contributed by atoms with Gasteiger partial charge in [0.1, 0.15) is 6.10 Å². The fourth-order valence-corrected chi connectivity index (χ4v) is 1.64. The second-order valence-corrected chi connectivity index (χ2v) is 3.76. The van der Waals surface area contributed by atoms with E-state index in [4.69, 9.17) is 4.74 Å². The standard InChI is InChI=1S/C11H12F3NO/c1-2-15-5-7(6-15)16-11-9(13)4-3-8(12)10(11)14/h3-4,7H,2,5-6H2,1H3. The Morgan fingerprint density at radius 1 is 1.25 bits per heavy atom. The second kappa shape index (κ2) is 4.33. The van der Waals surface area contributed by atoms with Crippen molar-refractivity contribution in [1.82, 2.24) is 4.90 Å². The zero-order valence-corrected chi connectivity index (χ0v) is 8.84. The van der Waals surface area contributed by atoms with E-state index >= 15 is 0 Å². The van der Waals surface area contributed by atoms with E-state index in [0.29, 0.717) is 13.1 Å². The van der Waals surface area contributed by atoms with Gasteiger partial charge in [-0.1, -0.05) is 6.92 Å². The first-order valence-electron chi connectivity index (χ1n) is 5.14. The van der Waals surface area contributed by atoms with Crippen LogP contribution in [0.4, 0.5) is 13.2 Å². The molecule has 2 nitrogen and oxygen atoms in total. The van der Waals surface area contributed by atoms with Crippen LogP contribution in [0.3, 0.4) is 0 Å². The molecule has 0 N–H and O–H groups in total. The third-order valence-electron chi connectivity index (χ3n) is 2.66. The first kappa shape index (κ1) is 11.3. The van der Waals surface area contributed by atoms with Crippen molar-refractivity contribution in [1.29, 1.82) is 0 Å². The van der Waals surface area contributed by atoms with Crippen LogP contribution in [0, 0.1) is 17.5 Å². The summed E-state index contributed by atoms with van der Waals surface area (Å²) >= 11 is 0. The molecule has 2 rings (SSSR count). The molecule has 1 aromatic rings. The van der Waals surface area contributed by atoms with Crippen molar-refractivity contribution in [3.63, 3.8) is 0 Å². The summed E-state index contributed by atoms with van der Waals surface area (Å²) in [5.74, 6) is -3.83. The monoisotopic (exact) mass is 231 g/mol. The number of ether oxygens (including phenoxy) is 1. The van der Waals surface area contributed by atoms with E-state index in [1.807, 2.05) is 6.92 Å². The van der Waals surface area contributed by atoms with Gasteiger partial charge in [0.25, 0.3) is 0 Å². The van der Waals surface area contributed by atoms with Crippen LogP contribution in [0.5, 0.6) is 5.75 Å². The molecule has 1 saturated heterocycles. The molecule has 1 aromatic carbocycles. The third-order valence-corrected chi connectivity index (χ3v) is 2.66. The van der Waals surface area contributed by atoms with Gasteiger partial charge in [0.15, 0.2) is 17.4 Å². The maximum Gasteiger partial charge on any atom is 0.203 e. The summed E-state index contributed by atoms with van der Waals surface area (Å²) in [6, 6.07) is 1.61. The lowest BCUT2D eigenvalue weighted by Crippen LogP contribution is -2.53. The summed E-state index contributed by atoms with van der Waals surface area (Å²) in [5, 5.41) is 0. The lowest BCUT2D eigenvalue weighted by Gasteiger charge is -2.38. The summed E-state index contributed by atoms with van der Waals surface area (Å²) in [6.45, 7) is 4.09. The number of nitrogens with zero attached hydrogens (tertiary/aromatic N) is 1. The quantitative estimate of drug-likeness (QED) is 0.739. The largest absolute Gasteiger partial charge is 0.482 e. The molecule has 16 heavy (non-hydrogen) atoms.